The number of carbonyl (C=O) groups excluding carboxylic acids is 1. The van der Waals surface area contributed by atoms with Gasteiger partial charge in [0.2, 0.25) is 0 Å². The van der Waals surface area contributed by atoms with Gasteiger partial charge in [0.1, 0.15) is 5.69 Å². The molecule has 2 aromatic rings. The van der Waals surface area contributed by atoms with Crippen molar-refractivity contribution < 1.29 is 9.53 Å². The molecule has 124 valence electrons. The number of hydrogen-bond acceptors (Lipinski definition) is 4. The van der Waals surface area contributed by atoms with Crippen LogP contribution in [0.4, 0.5) is 0 Å². The maximum atomic E-state index is 12.9. The van der Waals surface area contributed by atoms with Crippen LogP contribution < -0.4 is 0 Å². The summed E-state index contributed by atoms with van der Waals surface area (Å²) in [5, 5.41) is 4.37. The van der Waals surface area contributed by atoms with Crippen molar-refractivity contribution in [3.63, 3.8) is 0 Å². The van der Waals surface area contributed by atoms with E-state index in [4.69, 9.17) is 4.74 Å². The fraction of sp³-hybridized carbons (Fsp3) is 0.562. The van der Waals surface area contributed by atoms with Gasteiger partial charge in [0, 0.05) is 38.9 Å². The summed E-state index contributed by atoms with van der Waals surface area (Å²) < 4.78 is 9.14. The Morgan fingerprint density at radius 3 is 2.96 bits per heavy atom. The number of nitrogens with zero attached hydrogens (tertiary/aromatic N) is 5. The predicted octanol–water partition coefficient (Wildman–Crippen LogP) is 1.33. The molecule has 1 atom stereocenters. The van der Waals surface area contributed by atoms with Crippen LogP contribution in [0.1, 0.15) is 40.4 Å². The molecule has 0 aromatic carbocycles. The van der Waals surface area contributed by atoms with Crippen molar-refractivity contribution in [2.75, 3.05) is 20.3 Å². The number of fused-ring (bicyclic) bond motifs is 1. The number of hydrogen-bond donors (Lipinski definition) is 0. The number of carbonyl (C=O) groups is 1. The molecule has 0 saturated heterocycles. The molecule has 1 aliphatic rings. The van der Waals surface area contributed by atoms with E-state index < -0.39 is 0 Å². The molecule has 3 rings (SSSR count). The molecule has 23 heavy (non-hydrogen) atoms. The van der Waals surface area contributed by atoms with Crippen LogP contribution in [0.3, 0.4) is 0 Å². The maximum Gasteiger partial charge on any atom is 0.272 e. The van der Waals surface area contributed by atoms with Gasteiger partial charge in [-0.05, 0) is 19.9 Å². The van der Waals surface area contributed by atoms with Crippen LogP contribution >= 0.6 is 0 Å². The maximum absolute atomic E-state index is 12.9. The number of methoxy groups -OCH3 is 1. The average Bonchev–Trinajstić information content (AvgIpc) is 3.10. The molecule has 2 aromatic heterocycles. The van der Waals surface area contributed by atoms with Crippen LogP contribution in [-0.2, 0) is 24.9 Å². The summed E-state index contributed by atoms with van der Waals surface area (Å²) >= 11 is 0. The number of rotatable bonds is 4. The molecule has 1 unspecified atom stereocenters. The number of aromatic nitrogens is 4. The summed E-state index contributed by atoms with van der Waals surface area (Å²) in [4.78, 5) is 19.3. The van der Waals surface area contributed by atoms with Crippen LogP contribution in [0.5, 0.6) is 0 Å². The molecule has 1 aliphatic heterocycles. The Kier molecular flexibility index (Phi) is 4.21. The molecule has 0 spiro atoms. The van der Waals surface area contributed by atoms with Crippen LogP contribution in [0, 0.1) is 6.92 Å². The van der Waals surface area contributed by atoms with Crippen molar-refractivity contribution in [2.24, 2.45) is 7.05 Å². The highest BCUT2D eigenvalue weighted by atomic mass is 16.5. The first-order valence-corrected chi connectivity index (χ1v) is 7.87. The number of imidazole rings is 1. The predicted molar refractivity (Wildman–Crippen MR) is 85.2 cm³/mol. The molecular formula is C16H23N5O2. The Hall–Kier alpha value is -2.15. The third-order valence-corrected chi connectivity index (χ3v) is 4.31. The minimum atomic E-state index is 0.00450. The fourth-order valence-corrected chi connectivity index (χ4v) is 3.34. The summed E-state index contributed by atoms with van der Waals surface area (Å²) in [6.07, 6.45) is 1.81. The van der Waals surface area contributed by atoms with Crippen molar-refractivity contribution in [3.05, 3.63) is 35.2 Å². The lowest BCUT2D eigenvalue weighted by Crippen LogP contribution is -2.40. The zero-order valence-electron chi connectivity index (χ0n) is 14.1. The van der Waals surface area contributed by atoms with Crippen molar-refractivity contribution in [1.82, 2.24) is 24.2 Å². The second-order valence-electron chi connectivity index (χ2n) is 6.01. The Morgan fingerprint density at radius 1 is 1.48 bits per heavy atom. The van der Waals surface area contributed by atoms with Gasteiger partial charge in [-0.15, -0.1) is 0 Å². The molecule has 0 aliphatic carbocycles. The second-order valence-corrected chi connectivity index (χ2v) is 6.01. The first-order valence-electron chi connectivity index (χ1n) is 7.87. The van der Waals surface area contributed by atoms with Crippen LogP contribution in [-0.4, -0.2) is 50.4 Å². The lowest BCUT2D eigenvalue weighted by molar-refractivity contribution is 0.0661. The molecule has 0 saturated carbocycles. The summed E-state index contributed by atoms with van der Waals surface area (Å²) in [7, 11) is 3.67. The highest BCUT2D eigenvalue weighted by Crippen LogP contribution is 2.28. The lowest BCUT2D eigenvalue weighted by atomic mass is 9.98. The van der Waals surface area contributed by atoms with E-state index in [-0.39, 0.29) is 11.8 Å². The van der Waals surface area contributed by atoms with Gasteiger partial charge in [-0.25, -0.2) is 4.98 Å². The van der Waals surface area contributed by atoms with Gasteiger partial charge in [0.15, 0.2) is 0 Å². The van der Waals surface area contributed by atoms with E-state index in [1.54, 1.807) is 11.8 Å². The first-order chi connectivity index (χ1) is 11.0. The zero-order chi connectivity index (χ0) is 16.6. The van der Waals surface area contributed by atoms with Crippen molar-refractivity contribution in [1.29, 1.82) is 0 Å². The van der Waals surface area contributed by atoms with Gasteiger partial charge in [0.25, 0.3) is 5.91 Å². The lowest BCUT2D eigenvalue weighted by Gasteiger charge is -2.32. The van der Waals surface area contributed by atoms with Crippen LogP contribution in [0.2, 0.25) is 0 Å². The second kappa shape index (κ2) is 6.16. The first kappa shape index (κ1) is 15.7. The molecule has 0 N–H and O–H groups in total. The summed E-state index contributed by atoms with van der Waals surface area (Å²) in [5.41, 5.74) is 3.62. The average molecular weight is 317 g/mol. The number of amides is 1. The molecule has 1 amide bonds. The van der Waals surface area contributed by atoms with Crippen LogP contribution in [0.15, 0.2) is 12.4 Å². The largest absolute Gasteiger partial charge is 0.384 e. The van der Waals surface area contributed by atoms with Crippen LogP contribution in [0.25, 0.3) is 0 Å². The SMILES string of the molecule is CCn1nc(C)cc1C(=O)N1Cc2ncn(C)c2C(COC)C1. The Bertz CT molecular complexity index is 718. The van der Waals surface area contributed by atoms with Crippen molar-refractivity contribution in [2.45, 2.75) is 32.9 Å². The molecule has 3 heterocycles. The van der Waals surface area contributed by atoms with E-state index in [9.17, 15) is 4.79 Å². The van der Waals surface area contributed by atoms with Gasteiger partial charge >= 0.3 is 0 Å². The number of ether oxygens (including phenoxy) is 1. The van der Waals surface area contributed by atoms with E-state index in [0.29, 0.717) is 31.9 Å². The summed E-state index contributed by atoms with van der Waals surface area (Å²) in [6.45, 7) is 6.31. The fourth-order valence-electron chi connectivity index (χ4n) is 3.34. The topological polar surface area (TPSA) is 65.2 Å². The van der Waals surface area contributed by atoms with E-state index in [1.165, 1.54) is 0 Å². The Morgan fingerprint density at radius 2 is 2.26 bits per heavy atom. The van der Waals surface area contributed by atoms with Gasteiger partial charge in [0.05, 0.1) is 30.9 Å². The minimum absolute atomic E-state index is 0.00450. The van der Waals surface area contributed by atoms with Gasteiger partial charge in [-0.1, -0.05) is 0 Å². The van der Waals surface area contributed by atoms with Crippen molar-refractivity contribution >= 4 is 5.91 Å². The third-order valence-electron chi connectivity index (χ3n) is 4.31. The highest BCUT2D eigenvalue weighted by Gasteiger charge is 2.32. The van der Waals surface area contributed by atoms with Gasteiger partial charge < -0.3 is 14.2 Å². The normalized spacial score (nSPS) is 17.4. The van der Waals surface area contributed by atoms with Gasteiger partial charge in [-0.2, -0.15) is 5.10 Å². The highest BCUT2D eigenvalue weighted by molar-refractivity contribution is 5.92. The zero-order valence-corrected chi connectivity index (χ0v) is 14.1. The molecular weight excluding hydrogens is 294 g/mol. The van der Waals surface area contributed by atoms with E-state index >= 15 is 0 Å². The molecule has 0 fully saturated rings. The molecule has 0 radical (unpaired) electrons. The Balaban J connectivity index is 1.90. The quantitative estimate of drug-likeness (QED) is 0.853. The van der Waals surface area contributed by atoms with Gasteiger partial charge in [-0.3, -0.25) is 9.48 Å². The van der Waals surface area contributed by atoms with Crippen molar-refractivity contribution in [3.8, 4) is 0 Å². The molecule has 0 bridgehead atoms. The molecule has 7 heteroatoms. The van der Waals surface area contributed by atoms with E-state index in [0.717, 1.165) is 17.1 Å². The summed E-state index contributed by atoms with van der Waals surface area (Å²) in [6, 6.07) is 1.85. The molecule has 7 nitrogen and oxygen atoms in total. The van der Waals surface area contributed by atoms with E-state index in [1.807, 2.05) is 42.8 Å². The third kappa shape index (κ3) is 2.76. The smallest absolute Gasteiger partial charge is 0.272 e. The number of aryl methyl sites for hydroxylation is 3. The standard InChI is InChI=1S/C16H23N5O2/c1-5-21-14(6-11(2)18-21)16(22)20-7-12(9-23-4)15-13(8-20)17-10-19(15)3/h6,10,12H,5,7-9H2,1-4H3. The van der Waals surface area contributed by atoms with E-state index in [2.05, 4.69) is 10.1 Å². The Labute approximate surface area is 135 Å². The monoisotopic (exact) mass is 317 g/mol. The summed E-state index contributed by atoms with van der Waals surface area (Å²) in [5.74, 6) is 0.143. The minimum Gasteiger partial charge on any atom is -0.384 e.